The highest BCUT2D eigenvalue weighted by Crippen LogP contribution is 2.15. The van der Waals surface area contributed by atoms with Gasteiger partial charge in [0.15, 0.2) is 10.8 Å². The van der Waals surface area contributed by atoms with Crippen LogP contribution in [0.2, 0.25) is 5.15 Å². The summed E-state index contributed by atoms with van der Waals surface area (Å²) in [5, 5.41) is 0.381. The summed E-state index contributed by atoms with van der Waals surface area (Å²) >= 11 is 5.83. The second-order valence-electron chi connectivity index (χ2n) is 2.57. The van der Waals surface area contributed by atoms with Crippen molar-refractivity contribution in [3.63, 3.8) is 0 Å². The highest BCUT2D eigenvalue weighted by atomic mass is 35.5. The van der Waals surface area contributed by atoms with Gasteiger partial charge in [-0.1, -0.05) is 11.6 Å². The highest BCUT2D eigenvalue weighted by Gasteiger charge is 2.04. The van der Waals surface area contributed by atoms with Crippen LogP contribution in [0.5, 0.6) is 0 Å². The minimum atomic E-state index is 0. The fourth-order valence-electron chi connectivity index (χ4n) is 1.10. The molecule has 0 spiro atoms. The molecule has 0 unspecified atom stereocenters. The number of imidazole rings is 1. The molecule has 0 atom stereocenters. The Morgan fingerprint density at radius 3 is 2.77 bits per heavy atom. The number of hydrogen-bond donors (Lipinski definition) is 1. The number of halogens is 2. The van der Waals surface area contributed by atoms with Crippen LogP contribution < -0.4 is 5.73 Å². The van der Waals surface area contributed by atoms with Crippen LogP contribution >= 0.6 is 24.0 Å². The van der Waals surface area contributed by atoms with Gasteiger partial charge in [-0.3, -0.25) is 0 Å². The van der Waals surface area contributed by atoms with Gasteiger partial charge < -0.3 is 10.1 Å². The van der Waals surface area contributed by atoms with Crippen LogP contribution in [0.25, 0.3) is 5.65 Å². The van der Waals surface area contributed by atoms with Crippen molar-refractivity contribution >= 4 is 35.5 Å². The molecule has 0 aliphatic rings. The Morgan fingerprint density at radius 1 is 1.38 bits per heavy atom. The standard InChI is InChI=1S/C7H7ClN4.ClH/c1-4-2-12-3-5(9)11-7(12)6(8)10-4;/h2-3H,9H2,1H3;1H. The second kappa shape index (κ2) is 3.40. The van der Waals surface area contributed by atoms with Crippen LogP contribution in [-0.4, -0.2) is 14.4 Å². The molecular weight excluding hydrogens is 211 g/mol. The van der Waals surface area contributed by atoms with Crippen LogP contribution in [0.15, 0.2) is 12.4 Å². The summed E-state index contributed by atoms with van der Waals surface area (Å²) in [5.41, 5.74) is 6.93. The van der Waals surface area contributed by atoms with Gasteiger partial charge >= 0.3 is 0 Å². The zero-order chi connectivity index (χ0) is 8.72. The number of aromatic nitrogens is 3. The van der Waals surface area contributed by atoms with Crippen molar-refractivity contribution in [3.05, 3.63) is 23.2 Å². The van der Waals surface area contributed by atoms with Gasteiger partial charge in [-0.15, -0.1) is 12.4 Å². The molecule has 0 fully saturated rings. The predicted octanol–water partition coefficient (Wildman–Crippen LogP) is 1.70. The summed E-state index contributed by atoms with van der Waals surface area (Å²) in [6, 6.07) is 0. The minimum absolute atomic E-state index is 0. The number of anilines is 1. The van der Waals surface area contributed by atoms with E-state index in [4.69, 9.17) is 17.3 Å². The van der Waals surface area contributed by atoms with E-state index in [1.165, 1.54) is 0 Å². The maximum atomic E-state index is 5.83. The molecule has 0 aliphatic heterocycles. The van der Waals surface area contributed by atoms with Crippen molar-refractivity contribution in [2.45, 2.75) is 6.92 Å². The molecule has 0 bridgehead atoms. The third-order valence-corrected chi connectivity index (χ3v) is 1.79. The first-order valence-electron chi connectivity index (χ1n) is 3.44. The number of rotatable bonds is 0. The molecule has 2 rings (SSSR count). The summed E-state index contributed by atoms with van der Waals surface area (Å²) < 4.78 is 1.76. The summed E-state index contributed by atoms with van der Waals surface area (Å²) in [5.74, 6) is 0.448. The molecule has 0 aliphatic carbocycles. The topological polar surface area (TPSA) is 56.2 Å². The lowest BCUT2D eigenvalue weighted by Crippen LogP contribution is -1.90. The third kappa shape index (κ3) is 1.68. The summed E-state index contributed by atoms with van der Waals surface area (Å²) in [6.07, 6.45) is 3.53. The first kappa shape index (κ1) is 10.1. The van der Waals surface area contributed by atoms with Crippen LogP contribution in [-0.2, 0) is 0 Å². The third-order valence-electron chi connectivity index (χ3n) is 1.54. The lowest BCUT2D eigenvalue weighted by Gasteiger charge is -1.96. The van der Waals surface area contributed by atoms with Crippen molar-refractivity contribution in [3.8, 4) is 0 Å². The van der Waals surface area contributed by atoms with E-state index in [0.717, 1.165) is 5.69 Å². The van der Waals surface area contributed by atoms with Gasteiger partial charge in [0.1, 0.15) is 5.82 Å². The fourth-order valence-corrected chi connectivity index (χ4v) is 1.37. The average Bonchev–Trinajstić information content (AvgIpc) is 2.29. The molecule has 0 amide bonds. The average molecular weight is 219 g/mol. The Labute approximate surface area is 86.2 Å². The predicted molar refractivity (Wildman–Crippen MR) is 54.4 cm³/mol. The molecule has 70 valence electrons. The lowest BCUT2D eigenvalue weighted by atomic mass is 10.5. The molecule has 2 aromatic heterocycles. The summed E-state index contributed by atoms with van der Waals surface area (Å²) in [7, 11) is 0. The molecular formula is C7H8Cl2N4. The van der Waals surface area contributed by atoms with E-state index in [1.54, 1.807) is 10.6 Å². The summed E-state index contributed by atoms with van der Waals surface area (Å²) in [6.45, 7) is 1.86. The number of hydrogen-bond acceptors (Lipinski definition) is 3. The van der Waals surface area contributed by atoms with Gasteiger partial charge in [0.2, 0.25) is 0 Å². The maximum absolute atomic E-state index is 5.83. The minimum Gasteiger partial charge on any atom is -0.382 e. The molecule has 2 N–H and O–H groups in total. The van der Waals surface area contributed by atoms with Crippen LogP contribution in [0.3, 0.4) is 0 Å². The summed E-state index contributed by atoms with van der Waals surface area (Å²) in [4.78, 5) is 8.04. The number of nitrogens with zero attached hydrogens (tertiary/aromatic N) is 3. The number of aryl methyl sites for hydroxylation is 1. The number of nitrogens with two attached hydrogens (primary N) is 1. The van der Waals surface area contributed by atoms with Crippen molar-refractivity contribution < 1.29 is 0 Å². The zero-order valence-electron chi connectivity index (χ0n) is 6.86. The molecule has 0 saturated heterocycles. The van der Waals surface area contributed by atoms with Crippen LogP contribution in [0.4, 0.5) is 5.82 Å². The van der Waals surface area contributed by atoms with Gasteiger partial charge in [0.05, 0.1) is 11.9 Å². The van der Waals surface area contributed by atoms with Crippen LogP contribution in [0, 0.1) is 6.92 Å². The largest absolute Gasteiger partial charge is 0.382 e. The SMILES string of the molecule is Cc1cn2cc(N)nc2c(Cl)n1.Cl. The normalized spacial score (nSPS) is 10.0. The van der Waals surface area contributed by atoms with Gasteiger partial charge in [0, 0.05) is 6.20 Å². The van der Waals surface area contributed by atoms with Gasteiger partial charge in [-0.25, -0.2) is 9.97 Å². The molecule has 0 aromatic carbocycles. The number of fused-ring (bicyclic) bond motifs is 1. The number of nitrogen functional groups attached to an aromatic ring is 1. The highest BCUT2D eigenvalue weighted by molar-refractivity contribution is 6.32. The van der Waals surface area contributed by atoms with Gasteiger partial charge in [-0.05, 0) is 6.92 Å². The lowest BCUT2D eigenvalue weighted by molar-refractivity contribution is 1.07. The molecule has 2 aromatic rings. The molecule has 13 heavy (non-hydrogen) atoms. The first-order valence-corrected chi connectivity index (χ1v) is 3.82. The van der Waals surface area contributed by atoms with E-state index in [1.807, 2.05) is 13.1 Å². The Morgan fingerprint density at radius 2 is 2.08 bits per heavy atom. The Bertz CT molecular complexity index is 437. The van der Waals surface area contributed by atoms with E-state index in [2.05, 4.69) is 9.97 Å². The van der Waals surface area contributed by atoms with Crippen molar-refractivity contribution in [2.75, 3.05) is 5.73 Å². The quantitative estimate of drug-likeness (QED) is 0.733. The smallest absolute Gasteiger partial charge is 0.177 e. The van der Waals surface area contributed by atoms with E-state index >= 15 is 0 Å². The molecule has 4 nitrogen and oxygen atoms in total. The van der Waals surface area contributed by atoms with E-state index < -0.39 is 0 Å². The second-order valence-corrected chi connectivity index (χ2v) is 2.93. The van der Waals surface area contributed by atoms with Gasteiger partial charge in [0.25, 0.3) is 0 Å². The molecule has 0 radical (unpaired) electrons. The van der Waals surface area contributed by atoms with Gasteiger partial charge in [-0.2, -0.15) is 0 Å². The first-order chi connectivity index (χ1) is 5.66. The maximum Gasteiger partial charge on any atom is 0.177 e. The molecule has 6 heteroatoms. The Balaban J connectivity index is 0.000000845. The monoisotopic (exact) mass is 218 g/mol. The van der Waals surface area contributed by atoms with E-state index in [-0.39, 0.29) is 12.4 Å². The van der Waals surface area contributed by atoms with Crippen molar-refractivity contribution in [1.82, 2.24) is 14.4 Å². The van der Waals surface area contributed by atoms with Crippen molar-refractivity contribution in [2.24, 2.45) is 0 Å². The van der Waals surface area contributed by atoms with Crippen molar-refractivity contribution in [1.29, 1.82) is 0 Å². The Kier molecular flexibility index (Phi) is 2.63. The molecule has 2 heterocycles. The van der Waals surface area contributed by atoms with E-state index in [9.17, 15) is 0 Å². The van der Waals surface area contributed by atoms with E-state index in [0.29, 0.717) is 16.6 Å². The molecule has 0 saturated carbocycles. The Hall–Kier alpha value is -1.000. The van der Waals surface area contributed by atoms with Crippen LogP contribution in [0.1, 0.15) is 5.69 Å². The fraction of sp³-hybridized carbons (Fsp3) is 0.143. The zero-order valence-corrected chi connectivity index (χ0v) is 8.43.